The Hall–Kier alpha value is -1.79. The molecule has 1 aliphatic rings. The molecule has 2 heterocycles. The van der Waals surface area contributed by atoms with Crippen molar-refractivity contribution in [2.75, 3.05) is 27.2 Å². The van der Waals surface area contributed by atoms with Gasteiger partial charge < -0.3 is 9.64 Å². The first-order valence-corrected chi connectivity index (χ1v) is 7.57. The Morgan fingerprint density at radius 2 is 2.18 bits per heavy atom. The molecule has 0 spiro atoms. The minimum atomic E-state index is -0.290. The third-order valence-electron chi connectivity index (χ3n) is 4.02. The van der Waals surface area contributed by atoms with Crippen LogP contribution in [-0.4, -0.2) is 46.9 Å². The molecule has 0 unspecified atom stereocenters. The van der Waals surface area contributed by atoms with Gasteiger partial charge in [0.25, 0.3) is 0 Å². The molecule has 1 aromatic carbocycles. The minimum Gasteiger partial charge on any atom is -0.377 e. The number of para-hydroxylation sites is 1. The van der Waals surface area contributed by atoms with Crippen molar-refractivity contribution in [3.63, 3.8) is 0 Å². The van der Waals surface area contributed by atoms with Crippen molar-refractivity contribution < 1.29 is 9.13 Å². The Morgan fingerprint density at radius 3 is 2.91 bits per heavy atom. The van der Waals surface area contributed by atoms with Gasteiger partial charge in [-0.25, -0.2) is 14.1 Å². The quantitative estimate of drug-likeness (QED) is 0.870. The van der Waals surface area contributed by atoms with Crippen molar-refractivity contribution in [2.45, 2.75) is 25.4 Å². The topological polar surface area (TPSA) is 43.2 Å². The summed E-state index contributed by atoms with van der Waals surface area (Å²) in [5.41, 5.74) is 0.445. The molecule has 5 nitrogen and oxygen atoms in total. The molecule has 0 radical (unpaired) electrons. The largest absolute Gasteiger partial charge is 0.377 e. The Labute approximate surface area is 129 Å². The summed E-state index contributed by atoms with van der Waals surface area (Å²) in [5, 5.41) is 4.45. The van der Waals surface area contributed by atoms with E-state index in [1.165, 1.54) is 6.07 Å². The zero-order valence-electron chi connectivity index (χ0n) is 13.0. The van der Waals surface area contributed by atoms with Crippen LogP contribution in [0.25, 0.3) is 5.69 Å². The van der Waals surface area contributed by atoms with Crippen molar-refractivity contribution in [2.24, 2.45) is 0 Å². The van der Waals surface area contributed by atoms with Crippen molar-refractivity contribution in [1.82, 2.24) is 19.7 Å². The molecule has 1 atom stereocenters. The molecule has 1 aliphatic heterocycles. The highest BCUT2D eigenvalue weighted by Gasteiger charge is 2.26. The van der Waals surface area contributed by atoms with Gasteiger partial charge in [-0.15, -0.1) is 5.10 Å². The molecule has 3 rings (SSSR count). The number of benzene rings is 1. The number of methoxy groups -OCH3 is 1. The van der Waals surface area contributed by atoms with Crippen LogP contribution >= 0.6 is 0 Å². The normalized spacial score (nSPS) is 19.5. The third-order valence-corrected chi connectivity index (χ3v) is 4.02. The second-order valence-corrected chi connectivity index (χ2v) is 5.78. The third kappa shape index (κ3) is 3.03. The Balaban J connectivity index is 2.02. The lowest BCUT2D eigenvalue weighted by Gasteiger charge is -2.29. The van der Waals surface area contributed by atoms with E-state index in [0.29, 0.717) is 18.1 Å². The summed E-state index contributed by atoms with van der Waals surface area (Å²) in [7, 11) is 3.71. The van der Waals surface area contributed by atoms with Crippen molar-refractivity contribution in [3.8, 4) is 5.69 Å². The molecular weight excluding hydrogens is 283 g/mol. The van der Waals surface area contributed by atoms with E-state index in [1.54, 1.807) is 23.9 Å². The monoisotopic (exact) mass is 304 g/mol. The average Bonchev–Trinajstić information content (AvgIpc) is 2.92. The molecule has 1 fully saturated rings. The number of ether oxygens (including phenoxy) is 1. The predicted octanol–water partition coefficient (Wildman–Crippen LogP) is 2.36. The number of hydrogen-bond donors (Lipinski definition) is 0. The lowest BCUT2D eigenvalue weighted by molar-refractivity contribution is 0.177. The summed E-state index contributed by atoms with van der Waals surface area (Å²) in [5.74, 6) is 1.39. The van der Waals surface area contributed by atoms with Crippen LogP contribution in [0.4, 0.5) is 4.39 Å². The number of likely N-dealkylation sites (N-methyl/N-ethyl adjacent to an activating group) is 1. The molecular formula is C16H21FN4O. The van der Waals surface area contributed by atoms with Crippen molar-refractivity contribution >= 4 is 0 Å². The van der Waals surface area contributed by atoms with E-state index in [0.717, 1.165) is 31.8 Å². The summed E-state index contributed by atoms with van der Waals surface area (Å²) in [6, 6.07) is 6.67. The number of nitrogens with zero attached hydrogens (tertiary/aromatic N) is 4. The molecule has 0 aliphatic carbocycles. The maximum absolute atomic E-state index is 14.2. The van der Waals surface area contributed by atoms with E-state index in [9.17, 15) is 4.39 Å². The fourth-order valence-corrected chi connectivity index (χ4v) is 3.00. The zero-order valence-corrected chi connectivity index (χ0v) is 13.0. The predicted molar refractivity (Wildman–Crippen MR) is 81.5 cm³/mol. The maximum atomic E-state index is 14.2. The summed E-state index contributed by atoms with van der Waals surface area (Å²) in [6.45, 7) is 2.34. The van der Waals surface area contributed by atoms with E-state index in [4.69, 9.17) is 4.74 Å². The fraction of sp³-hybridized carbons (Fsp3) is 0.500. The van der Waals surface area contributed by atoms with Gasteiger partial charge >= 0.3 is 0 Å². The summed E-state index contributed by atoms with van der Waals surface area (Å²) >= 11 is 0. The molecule has 2 aromatic rings. The van der Waals surface area contributed by atoms with Crippen LogP contribution in [0, 0.1) is 5.82 Å². The second kappa shape index (κ2) is 6.54. The lowest BCUT2D eigenvalue weighted by Crippen LogP contribution is -2.32. The highest BCUT2D eigenvalue weighted by atomic mass is 19.1. The fourth-order valence-electron chi connectivity index (χ4n) is 3.00. The maximum Gasteiger partial charge on any atom is 0.176 e. The van der Waals surface area contributed by atoms with E-state index < -0.39 is 0 Å². The number of rotatable bonds is 4. The van der Waals surface area contributed by atoms with E-state index >= 15 is 0 Å². The van der Waals surface area contributed by atoms with Gasteiger partial charge in [0, 0.05) is 19.6 Å². The number of piperidine rings is 1. The minimum absolute atomic E-state index is 0.261. The molecule has 22 heavy (non-hydrogen) atoms. The molecule has 1 saturated heterocycles. The van der Waals surface area contributed by atoms with E-state index in [-0.39, 0.29) is 11.7 Å². The lowest BCUT2D eigenvalue weighted by atomic mass is 9.97. The first-order valence-electron chi connectivity index (χ1n) is 7.57. The van der Waals surface area contributed by atoms with E-state index in [1.807, 2.05) is 6.07 Å². The molecule has 0 N–H and O–H groups in total. The molecule has 0 bridgehead atoms. The summed E-state index contributed by atoms with van der Waals surface area (Å²) < 4.78 is 20.9. The van der Waals surface area contributed by atoms with Gasteiger partial charge in [-0.05, 0) is 38.6 Å². The number of aromatic nitrogens is 3. The molecule has 0 amide bonds. The van der Waals surface area contributed by atoms with Gasteiger partial charge in [0.15, 0.2) is 5.82 Å². The average molecular weight is 304 g/mol. The number of halogens is 1. The van der Waals surface area contributed by atoms with E-state index in [2.05, 4.69) is 22.0 Å². The smallest absolute Gasteiger partial charge is 0.176 e. The SMILES string of the molecule is COCc1nc([C@H]2CCCN(C)C2)n(-c2ccccc2F)n1. The number of likely N-dealkylation sites (tertiary alicyclic amines) is 1. The summed E-state index contributed by atoms with van der Waals surface area (Å²) in [6.07, 6.45) is 2.16. The standard InChI is InChI=1S/C16H21FN4O/c1-20-9-5-6-12(10-20)16-18-15(11-22-2)19-21(16)14-8-4-3-7-13(14)17/h3-4,7-8,12H,5-6,9-11H2,1-2H3/t12-/m0/s1. The van der Waals surface area contributed by atoms with Gasteiger partial charge in [-0.1, -0.05) is 12.1 Å². The van der Waals surface area contributed by atoms with Crippen molar-refractivity contribution in [3.05, 3.63) is 41.7 Å². The highest BCUT2D eigenvalue weighted by Crippen LogP contribution is 2.27. The van der Waals surface area contributed by atoms with Gasteiger partial charge in [0.2, 0.25) is 0 Å². The van der Waals surface area contributed by atoms with Crippen LogP contribution in [0.5, 0.6) is 0 Å². The van der Waals surface area contributed by atoms with Gasteiger partial charge in [0.05, 0.1) is 0 Å². The Bertz CT molecular complexity index is 643. The zero-order chi connectivity index (χ0) is 15.5. The Kier molecular flexibility index (Phi) is 4.49. The summed E-state index contributed by atoms with van der Waals surface area (Å²) in [4.78, 5) is 6.89. The first-order chi connectivity index (χ1) is 10.7. The van der Waals surface area contributed by atoms with Crippen LogP contribution in [0.1, 0.15) is 30.4 Å². The molecule has 118 valence electrons. The van der Waals surface area contributed by atoms with Crippen molar-refractivity contribution in [1.29, 1.82) is 0 Å². The molecule has 0 saturated carbocycles. The molecule has 6 heteroatoms. The van der Waals surface area contributed by atoms with Crippen LogP contribution in [0.3, 0.4) is 0 Å². The van der Waals surface area contributed by atoms with Gasteiger partial charge in [0.1, 0.15) is 23.9 Å². The van der Waals surface area contributed by atoms with Gasteiger partial charge in [-0.3, -0.25) is 0 Å². The highest BCUT2D eigenvalue weighted by molar-refractivity contribution is 5.34. The molecule has 1 aromatic heterocycles. The second-order valence-electron chi connectivity index (χ2n) is 5.78. The van der Waals surface area contributed by atoms with Crippen LogP contribution in [-0.2, 0) is 11.3 Å². The first kappa shape index (κ1) is 15.1. The van der Waals surface area contributed by atoms with Crippen LogP contribution in [0.2, 0.25) is 0 Å². The van der Waals surface area contributed by atoms with Crippen LogP contribution < -0.4 is 0 Å². The van der Waals surface area contributed by atoms with Gasteiger partial charge in [-0.2, -0.15) is 0 Å². The van der Waals surface area contributed by atoms with Crippen LogP contribution in [0.15, 0.2) is 24.3 Å². The Morgan fingerprint density at radius 1 is 1.36 bits per heavy atom. The number of hydrogen-bond acceptors (Lipinski definition) is 4.